The predicted molar refractivity (Wildman–Crippen MR) is 171 cm³/mol. The first-order chi connectivity index (χ1) is 21.5. The van der Waals surface area contributed by atoms with Crippen molar-refractivity contribution in [2.45, 2.75) is 26.9 Å². The summed E-state index contributed by atoms with van der Waals surface area (Å²) in [6.45, 7) is 9.35. The quantitative estimate of drug-likeness (QED) is 0.226. The van der Waals surface area contributed by atoms with Crippen LogP contribution in [0, 0.1) is 5.82 Å². The van der Waals surface area contributed by atoms with Gasteiger partial charge in [-0.15, -0.1) is 0 Å². The molecule has 0 aliphatic heterocycles. The molecular weight excluding hydrogens is 561 g/mol. The Hall–Kier alpha value is -5.20. The highest BCUT2D eigenvalue weighted by Gasteiger charge is 2.17. The molecule has 6 aromatic rings. The van der Waals surface area contributed by atoms with Gasteiger partial charge in [-0.05, 0) is 68.2 Å². The van der Waals surface area contributed by atoms with Gasteiger partial charge in [0.05, 0.1) is 22.6 Å². The van der Waals surface area contributed by atoms with Crippen molar-refractivity contribution in [1.82, 2.24) is 45.3 Å². The lowest BCUT2D eigenvalue weighted by Crippen LogP contribution is -2.10. The lowest BCUT2D eigenvalue weighted by Gasteiger charge is -2.10. The molecule has 0 fully saturated rings. The van der Waals surface area contributed by atoms with E-state index in [0.717, 1.165) is 50.8 Å². The molecule has 5 heterocycles. The Morgan fingerprint density at radius 1 is 0.864 bits per heavy atom. The summed E-state index contributed by atoms with van der Waals surface area (Å²) in [5, 5.41) is 11.4. The fraction of sp³-hybridized carbons (Fsp3) is 0.219. The second-order valence-electron chi connectivity index (χ2n) is 9.56. The Kier molecular flexibility index (Phi) is 12.0. The number of aromatic amines is 2. The van der Waals surface area contributed by atoms with Gasteiger partial charge in [0.15, 0.2) is 11.5 Å². The first-order valence-corrected chi connectivity index (χ1v) is 13.8. The van der Waals surface area contributed by atoms with Crippen LogP contribution in [0.5, 0.6) is 0 Å². The van der Waals surface area contributed by atoms with Crippen LogP contribution in [-0.4, -0.2) is 74.7 Å². The number of carbonyl (C=O) groups is 2. The van der Waals surface area contributed by atoms with E-state index in [1.165, 1.54) is 12.1 Å². The minimum absolute atomic E-state index is 0.303. The molecule has 0 saturated carbocycles. The van der Waals surface area contributed by atoms with E-state index in [9.17, 15) is 4.39 Å². The molecule has 0 bridgehead atoms. The molecule has 0 radical (unpaired) electrons. The van der Waals surface area contributed by atoms with Gasteiger partial charge in [0.1, 0.15) is 25.1 Å². The number of imidazole rings is 1. The van der Waals surface area contributed by atoms with Crippen LogP contribution in [0.1, 0.15) is 25.0 Å². The van der Waals surface area contributed by atoms with Gasteiger partial charge in [0.25, 0.3) is 0 Å². The minimum Gasteiger partial charge on any atom is -0.335 e. The molecule has 0 aliphatic rings. The Morgan fingerprint density at radius 3 is 2.30 bits per heavy atom. The maximum atomic E-state index is 14.4. The zero-order valence-corrected chi connectivity index (χ0v) is 25.5. The van der Waals surface area contributed by atoms with Gasteiger partial charge in [-0.3, -0.25) is 15.1 Å². The Labute approximate surface area is 255 Å². The number of hydrogen-bond acceptors (Lipinski definition) is 9. The van der Waals surface area contributed by atoms with E-state index < -0.39 is 0 Å². The van der Waals surface area contributed by atoms with Crippen molar-refractivity contribution >= 4 is 35.6 Å². The van der Waals surface area contributed by atoms with Crippen LogP contribution < -0.4 is 5.32 Å². The molecule has 0 spiro atoms. The molecule has 12 heteroatoms. The molecule has 5 aromatic heterocycles. The van der Waals surface area contributed by atoms with E-state index in [1.54, 1.807) is 18.6 Å². The minimum atomic E-state index is -0.303. The van der Waals surface area contributed by atoms with Crippen molar-refractivity contribution < 1.29 is 14.0 Å². The van der Waals surface area contributed by atoms with E-state index in [4.69, 9.17) is 14.6 Å². The number of halogens is 1. The summed E-state index contributed by atoms with van der Waals surface area (Å²) in [5.74, 6) is 0.296. The van der Waals surface area contributed by atoms with E-state index in [0.29, 0.717) is 29.2 Å². The number of fused-ring (bicyclic) bond motifs is 2. The summed E-state index contributed by atoms with van der Waals surface area (Å²) in [4.78, 5) is 39.7. The zero-order chi connectivity index (χ0) is 32.2. The van der Waals surface area contributed by atoms with Crippen molar-refractivity contribution in [3.05, 3.63) is 78.3 Å². The van der Waals surface area contributed by atoms with Gasteiger partial charge in [-0.1, -0.05) is 13.8 Å². The second-order valence-corrected chi connectivity index (χ2v) is 9.56. The molecule has 228 valence electrons. The molecule has 3 N–H and O–H groups in total. The number of carbonyl (C=O) groups excluding carboxylic acids is 2. The first-order valence-electron chi connectivity index (χ1n) is 13.8. The smallest absolute Gasteiger partial charge is 0.181 e. The molecule has 44 heavy (non-hydrogen) atoms. The maximum absolute atomic E-state index is 14.4. The zero-order valence-electron chi connectivity index (χ0n) is 25.5. The lowest BCUT2D eigenvalue weighted by atomic mass is 10.0. The predicted octanol–water partition coefficient (Wildman–Crippen LogP) is 5.20. The standard InChI is InChI=1S/C28H26FN9.C2H6.2CH2O/c1-30-9-16-4-18(7-21(29)6-16)23-13-32-14-24-25(23)35-28(34-24)26-22-8-20(12-33-27(22)37-36-26)19-5-17(10-31-11-19)15-38(2)3;3*1-2/h4-8,10-14,30H,9,15H2,1-3H3,(H,34,35)(H,33,36,37);1-2H3;2*1H2. The number of aromatic nitrogens is 7. The highest BCUT2D eigenvalue weighted by molar-refractivity contribution is 5.96. The number of nitrogens with zero attached hydrogens (tertiary/aromatic N) is 6. The normalized spacial score (nSPS) is 10.4. The third-order valence-corrected chi connectivity index (χ3v) is 6.32. The number of pyridine rings is 3. The molecule has 0 saturated heterocycles. The Morgan fingerprint density at radius 2 is 1.57 bits per heavy atom. The third kappa shape index (κ3) is 7.41. The molecule has 0 unspecified atom stereocenters. The summed E-state index contributed by atoms with van der Waals surface area (Å²) in [6.07, 6.45) is 8.94. The number of nitrogens with one attached hydrogen (secondary N) is 3. The Bertz CT molecular complexity index is 1820. The van der Waals surface area contributed by atoms with Crippen LogP contribution in [-0.2, 0) is 22.7 Å². The molecule has 6 rings (SSSR count). The number of rotatable bonds is 7. The van der Waals surface area contributed by atoms with E-state index >= 15 is 0 Å². The molecule has 0 atom stereocenters. The van der Waals surface area contributed by atoms with Gasteiger partial charge < -0.3 is 24.8 Å². The number of H-pyrrole nitrogens is 2. The second kappa shape index (κ2) is 15.9. The summed E-state index contributed by atoms with van der Waals surface area (Å²) in [5.41, 5.74) is 8.07. The van der Waals surface area contributed by atoms with Crippen LogP contribution in [0.25, 0.3) is 55.8 Å². The van der Waals surface area contributed by atoms with Crippen molar-refractivity contribution in [2.24, 2.45) is 0 Å². The maximum Gasteiger partial charge on any atom is 0.181 e. The molecule has 11 nitrogen and oxygen atoms in total. The summed E-state index contributed by atoms with van der Waals surface area (Å²) in [6, 6.07) is 9.14. The van der Waals surface area contributed by atoms with E-state index in [-0.39, 0.29) is 5.82 Å². The molecule has 1 aromatic carbocycles. The van der Waals surface area contributed by atoms with Crippen molar-refractivity contribution in [2.75, 3.05) is 21.1 Å². The average molecular weight is 598 g/mol. The lowest BCUT2D eigenvalue weighted by molar-refractivity contribution is -0.0987. The monoisotopic (exact) mass is 597 g/mol. The summed E-state index contributed by atoms with van der Waals surface area (Å²) < 4.78 is 14.4. The fourth-order valence-corrected chi connectivity index (χ4v) is 4.71. The van der Waals surface area contributed by atoms with Gasteiger partial charge in [0.2, 0.25) is 0 Å². The van der Waals surface area contributed by atoms with Crippen LogP contribution in [0.4, 0.5) is 4.39 Å². The van der Waals surface area contributed by atoms with Gasteiger partial charge >= 0.3 is 0 Å². The highest BCUT2D eigenvalue weighted by atomic mass is 19.1. The van der Waals surface area contributed by atoms with Crippen LogP contribution in [0.2, 0.25) is 0 Å². The van der Waals surface area contributed by atoms with Gasteiger partial charge in [-0.25, -0.2) is 14.4 Å². The van der Waals surface area contributed by atoms with Crippen molar-refractivity contribution in [3.63, 3.8) is 0 Å². The van der Waals surface area contributed by atoms with Crippen molar-refractivity contribution in [1.29, 1.82) is 0 Å². The number of hydrogen-bond donors (Lipinski definition) is 3. The Balaban J connectivity index is 0.000000832. The first kappa shape index (κ1) is 33.3. The van der Waals surface area contributed by atoms with Crippen molar-refractivity contribution in [3.8, 4) is 33.8 Å². The van der Waals surface area contributed by atoms with E-state index in [2.05, 4.69) is 46.4 Å². The molecule has 0 amide bonds. The largest absolute Gasteiger partial charge is 0.335 e. The molecular formula is C32H36FN9O2. The van der Waals surface area contributed by atoms with E-state index in [1.807, 2.05) is 73.1 Å². The topological polar surface area (TPSA) is 145 Å². The SMILES string of the molecule is C=O.C=O.CC.CNCc1cc(F)cc(-c2cncc3[nH]c(-c4[nH]nc5ncc(-c6cncc(CN(C)C)c6)cc45)nc23)c1. The van der Waals surface area contributed by atoms with Crippen LogP contribution in [0.15, 0.2) is 61.3 Å². The number of benzene rings is 1. The highest BCUT2D eigenvalue weighted by Crippen LogP contribution is 2.32. The van der Waals surface area contributed by atoms with Crippen LogP contribution in [0.3, 0.4) is 0 Å². The van der Waals surface area contributed by atoms with Gasteiger partial charge in [0, 0.05) is 54.6 Å². The third-order valence-electron chi connectivity index (χ3n) is 6.32. The van der Waals surface area contributed by atoms with Crippen LogP contribution >= 0.6 is 0 Å². The fourth-order valence-electron chi connectivity index (χ4n) is 4.71. The van der Waals surface area contributed by atoms with Gasteiger partial charge in [-0.2, -0.15) is 5.10 Å². The summed E-state index contributed by atoms with van der Waals surface area (Å²) >= 11 is 0. The summed E-state index contributed by atoms with van der Waals surface area (Å²) in [7, 11) is 5.89. The average Bonchev–Trinajstić information content (AvgIpc) is 3.67. The molecule has 0 aliphatic carbocycles.